The third-order valence-corrected chi connectivity index (χ3v) is 3.45. The summed E-state index contributed by atoms with van der Waals surface area (Å²) in [5, 5.41) is 1.87. The predicted molar refractivity (Wildman–Crippen MR) is 59.6 cm³/mol. The van der Waals surface area contributed by atoms with Crippen LogP contribution in [0.3, 0.4) is 0 Å². The van der Waals surface area contributed by atoms with Gasteiger partial charge in [-0.2, -0.15) is 0 Å². The molecule has 0 N–H and O–H groups in total. The maximum absolute atomic E-state index is 4.91. The minimum atomic E-state index is 0.683. The van der Waals surface area contributed by atoms with Crippen LogP contribution in [-0.2, 0) is 0 Å². The summed E-state index contributed by atoms with van der Waals surface area (Å²) >= 11 is 4.91. The lowest BCUT2D eigenvalue weighted by atomic mass is 10.1. The quantitative estimate of drug-likeness (QED) is 0.456. The van der Waals surface area contributed by atoms with Crippen LogP contribution >= 0.6 is 12.2 Å². The van der Waals surface area contributed by atoms with E-state index in [1.807, 2.05) is 5.37 Å². The van der Waals surface area contributed by atoms with Crippen LogP contribution in [0.25, 0.3) is 0 Å². The van der Waals surface area contributed by atoms with Crippen molar-refractivity contribution in [2.75, 3.05) is 19.6 Å². The lowest BCUT2D eigenvalue weighted by Gasteiger charge is -2.41. The summed E-state index contributed by atoms with van der Waals surface area (Å²) in [4.78, 5) is 0. The van der Waals surface area contributed by atoms with E-state index in [-0.39, 0.29) is 0 Å². The third-order valence-electron chi connectivity index (χ3n) is 3.26. The molecule has 0 aromatic heterocycles. The van der Waals surface area contributed by atoms with Gasteiger partial charge in [0.05, 0.1) is 25.7 Å². The summed E-state index contributed by atoms with van der Waals surface area (Å²) < 4.78 is 1.20. The molecule has 12 heavy (non-hydrogen) atoms. The van der Waals surface area contributed by atoms with Crippen molar-refractivity contribution in [2.45, 2.75) is 40.2 Å². The first-order valence-corrected chi connectivity index (χ1v) is 5.43. The minimum Gasteiger partial charge on any atom is -0.322 e. The predicted octanol–water partition coefficient (Wildman–Crippen LogP) is 2.64. The highest BCUT2D eigenvalue weighted by Gasteiger charge is 2.27. The molecule has 0 spiro atoms. The first-order chi connectivity index (χ1) is 5.66. The van der Waals surface area contributed by atoms with Crippen LogP contribution < -0.4 is 0 Å². The zero-order valence-electron chi connectivity index (χ0n) is 8.84. The Balaban J connectivity index is 4.34. The molecule has 0 aliphatic rings. The van der Waals surface area contributed by atoms with Crippen molar-refractivity contribution in [1.29, 1.82) is 0 Å². The largest absolute Gasteiger partial charge is 0.322 e. The fraction of sp³-hybridized carbons (Fsp3) is 0.900. The normalized spacial score (nSPS) is 14.3. The summed E-state index contributed by atoms with van der Waals surface area (Å²) in [6, 6.07) is 0.683. The molecule has 0 aromatic rings. The van der Waals surface area contributed by atoms with Gasteiger partial charge < -0.3 is 4.48 Å². The van der Waals surface area contributed by atoms with Crippen molar-refractivity contribution < 1.29 is 4.48 Å². The van der Waals surface area contributed by atoms with Crippen LogP contribution in [0.5, 0.6) is 0 Å². The Morgan fingerprint density at radius 3 is 1.83 bits per heavy atom. The van der Waals surface area contributed by atoms with Gasteiger partial charge >= 0.3 is 0 Å². The first kappa shape index (κ1) is 12.0. The molecule has 72 valence electrons. The summed E-state index contributed by atoms with van der Waals surface area (Å²) in [6.45, 7) is 12.8. The van der Waals surface area contributed by atoms with E-state index >= 15 is 0 Å². The van der Waals surface area contributed by atoms with Gasteiger partial charge in [-0.3, -0.25) is 0 Å². The number of hydrogen-bond donors (Lipinski definition) is 0. The van der Waals surface area contributed by atoms with Crippen molar-refractivity contribution in [3.05, 3.63) is 0 Å². The van der Waals surface area contributed by atoms with Crippen LogP contribution in [0, 0.1) is 0 Å². The van der Waals surface area contributed by atoms with Gasteiger partial charge in [0.25, 0.3) is 0 Å². The fourth-order valence-electron chi connectivity index (χ4n) is 1.97. The van der Waals surface area contributed by atoms with E-state index in [0.717, 1.165) is 6.42 Å². The molecule has 0 amide bonds. The Morgan fingerprint density at radius 2 is 1.58 bits per heavy atom. The Bertz CT molecular complexity index is 122. The zero-order chi connectivity index (χ0) is 9.61. The summed E-state index contributed by atoms with van der Waals surface area (Å²) in [7, 11) is 0. The van der Waals surface area contributed by atoms with E-state index in [2.05, 4.69) is 27.7 Å². The Kier molecular flexibility index (Phi) is 5.68. The molecule has 0 saturated heterocycles. The van der Waals surface area contributed by atoms with E-state index in [1.54, 1.807) is 0 Å². The van der Waals surface area contributed by atoms with Crippen molar-refractivity contribution in [3.8, 4) is 0 Å². The summed E-state index contributed by atoms with van der Waals surface area (Å²) in [5.41, 5.74) is 0. The van der Waals surface area contributed by atoms with E-state index in [9.17, 15) is 0 Å². The number of thiocarbonyl (C=S) groups is 1. The lowest BCUT2D eigenvalue weighted by Crippen LogP contribution is -2.53. The SMILES string of the molecule is CC[N+](CC)(CC)C(C)CC=S. The third kappa shape index (κ3) is 2.53. The molecule has 0 heterocycles. The molecule has 2 heteroatoms. The van der Waals surface area contributed by atoms with Gasteiger partial charge in [-0.15, -0.1) is 0 Å². The van der Waals surface area contributed by atoms with Gasteiger partial charge in [0.15, 0.2) is 0 Å². The van der Waals surface area contributed by atoms with Gasteiger partial charge in [0.2, 0.25) is 0 Å². The van der Waals surface area contributed by atoms with Gasteiger partial charge in [0, 0.05) is 6.42 Å². The van der Waals surface area contributed by atoms with Crippen LogP contribution in [-0.4, -0.2) is 35.5 Å². The van der Waals surface area contributed by atoms with Crippen molar-refractivity contribution in [3.63, 3.8) is 0 Å². The second-order valence-electron chi connectivity index (χ2n) is 3.42. The standard InChI is InChI=1S/C10H22NS/c1-5-11(6-2,7-3)10(4)8-9-12/h9-10H,5-8H2,1-4H3/q+1. The van der Waals surface area contributed by atoms with Gasteiger partial charge in [-0.05, 0) is 33.1 Å². The molecule has 0 rings (SSSR count). The van der Waals surface area contributed by atoms with Crippen LogP contribution in [0.1, 0.15) is 34.1 Å². The van der Waals surface area contributed by atoms with Gasteiger partial charge in [0.1, 0.15) is 0 Å². The highest BCUT2D eigenvalue weighted by atomic mass is 32.1. The highest BCUT2D eigenvalue weighted by molar-refractivity contribution is 7.78. The average molecular weight is 188 g/mol. The van der Waals surface area contributed by atoms with E-state index in [4.69, 9.17) is 12.2 Å². The van der Waals surface area contributed by atoms with Crippen molar-refractivity contribution >= 4 is 17.6 Å². The number of quaternary nitrogens is 1. The van der Waals surface area contributed by atoms with Crippen molar-refractivity contribution in [2.24, 2.45) is 0 Å². The maximum Gasteiger partial charge on any atom is 0.0904 e. The van der Waals surface area contributed by atoms with Crippen molar-refractivity contribution in [1.82, 2.24) is 0 Å². The average Bonchev–Trinajstić information content (AvgIpc) is 2.09. The second-order valence-corrected chi connectivity index (χ2v) is 3.75. The lowest BCUT2D eigenvalue weighted by molar-refractivity contribution is -0.944. The summed E-state index contributed by atoms with van der Waals surface area (Å²) in [5.74, 6) is 0. The molecule has 1 unspecified atom stereocenters. The fourth-order valence-corrected chi connectivity index (χ4v) is 2.25. The molecular weight excluding hydrogens is 166 g/mol. The van der Waals surface area contributed by atoms with E-state index < -0.39 is 0 Å². The minimum absolute atomic E-state index is 0.683. The number of hydrogen-bond acceptors (Lipinski definition) is 1. The number of rotatable bonds is 6. The molecule has 0 aliphatic carbocycles. The molecule has 0 aliphatic heterocycles. The Hall–Kier alpha value is 0.0500. The van der Waals surface area contributed by atoms with Crippen LogP contribution in [0.15, 0.2) is 0 Å². The number of nitrogens with zero attached hydrogens (tertiary/aromatic N) is 1. The van der Waals surface area contributed by atoms with E-state index in [1.165, 1.54) is 24.1 Å². The topological polar surface area (TPSA) is 0 Å². The molecule has 0 aromatic carbocycles. The highest BCUT2D eigenvalue weighted by Crippen LogP contribution is 2.14. The van der Waals surface area contributed by atoms with Crippen LogP contribution in [0.2, 0.25) is 0 Å². The van der Waals surface area contributed by atoms with Gasteiger partial charge in [-0.1, -0.05) is 12.2 Å². The molecule has 0 saturated carbocycles. The molecule has 1 nitrogen and oxygen atoms in total. The monoisotopic (exact) mass is 188 g/mol. The molecule has 0 fully saturated rings. The molecule has 1 atom stereocenters. The molecular formula is C10H22NS+. The first-order valence-electron chi connectivity index (χ1n) is 4.96. The molecule has 0 radical (unpaired) electrons. The van der Waals surface area contributed by atoms with E-state index in [0.29, 0.717) is 6.04 Å². The Morgan fingerprint density at radius 1 is 1.17 bits per heavy atom. The van der Waals surface area contributed by atoms with Crippen LogP contribution in [0.4, 0.5) is 0 Å². The second kappa shape index (κ2) is 5.65. The molecule has 0 bridgehead atoms. The zero-order valence-corrected chi connectivity index (χ0v) is 9.66. The maximum atomic E-state index is 4.91. The van der Waals surface area contributed by atoms with Gasteiger partial charge in [-0.25, -0.2) is 0 Å². The summed E-state index contributed by atoms with van der Waals surface area (Å²) in [6.07, 6.45) is 1.06. The smallest absolute Gasteiger partial charge is 0.0904 e. The Labute approximate surface area is 82.4 Å².